The van der Waals surface area contributed by atoms with Crippen molar-refractivity contribution >= 4 is 5.97 Å². The molecule has 2 rings (SSSR count). The number of benzene rings is 2. The van der Waals surface area contributed by atoms with Gasteiger partial charge >= 0.3 is 5.97 Å². The van der Waals surface area contributed by atoms with Gasteiger partial charge in [0.25, 0.3) is 0 Å². The summed E-state index contributed by atoms with van der Waals surface area (Å²) in [4.78, 5) is 11.4. The highest BCUT2D eigenvalue weighted by Gasteiger charge is 2.18. The number of methoxy groups -OCH3 is 2. The SMILES string of the molecule is COc1cc(-c2ccc(C)c(C)c2)cc(C(=O)O)c1OC. The van der Waals surface area contributed by atoms with Gasteiger partial charge in [0.05, 0.1) is 14.2 Å². The summed E-state index contributed by atoms with van der Waals surface area (Å²) in [6.07, 6.45) is 0. The largest absolute Gasteiger partial charge is 0.493 e. The highest BCUT2D eigenvalue weighted by atomic mass is 16.5. The lowest BCUT2D eigenvalue weighted by Crippen LogP contribution is -2.03. The van der Waals surface area contributed by atoms with Gasteiger partial charge in [-0.05, 0) is 48.2 Å². The van der Waals surface area contributed by atoms with Gasteiger partial charge in [0.2, 0.25) is 0 Å². The van der Waals surface area contributed by atoms with Gasteiger partial charge in [0.1, 0.15) is 5.56 Å². The third-order valence-electron chi connectivity index (χ3n) is 3.55. The molecule has 2 aromatic carbocycles. The third-order valence-corrected chi connectivity index (χ3v) is 3.55. The fourth-order valence-corrected chi connectivity index (χ4v) is 2.21. The van der Waals surface area contributed by atoms with Crippen molar-refractivity contribution in [1.29, 1.82) is 0 Å². The maximum Gasteiger partial charge on any atom is 0.339 e. The Hall–Kier alpha value is -2.49. The second-order valence-corrected chi connectivity index (χ2v) is 4.86. The van der Waals surface area contributed by atoms with Crippen LogP contribution in [0.15, 0.2) is 30.3 Å². The molecule has 0 aliphatic rings. The molecule has 4 heteroatoms. The molecular weight excluding hydrogens is 268 g/mol. The van der Waals surface area contributed by atoms with Crippen LogP contribution in [-0.4, -0.2) is 25.3 Å². The minimum Gasteiger partial charge on any atom is -0.493 e. The second kappa shape index (κ2) is 5.87. The average Bonchev–Trinajstić information content (AvgIpc) is 2.48. The Kier molecular flexibility index (Phi) is 4.17. The number of carbonyl (C=O) groups is 1. The minimum absolute atomic E-state index is 0.0880. The first-order chi connectivity index (χ1) is 9.97. The first kappa shape index (κ1) is 14.9. The van der Waals surface area contributed by atoms with Gasteiger partial charge in [-0.1, -0.05) is 18.2 Å². The quantitative estimate of drug-likeness (QED) is 0.931. The number of hydrogen-bond donors (Lipinski definition) is 1. The van der Waals surface area contributed by atoms with Crippen LogP contribution in [0.1, 0.15) is 21.5 Å². The molecule has 1 N–H and O–H groups in total. The van der Waals surface area contributed by atoms with E-state index in [1.165, 1.54) is 19.8 Å². The summed E-state index contributed by atoms with van der Waals surface area (Å²) in [5.74, 6) is -0.404. The maximum absolute atomic E-state index is 11.4. The van der Waals surface area contributed by atoms with Gasteiger partial charge in [0, 0.05) is 0 Å². The van der Waals surface area contributed by atoms with Gasteiger partial charge in [-0.15, -0.1) is 0 Å². The van der Waals surface area contributed by atoms with Crippen LogP contribution in [0.25, 0.3) is 11.1 Å². The number of ether oxygens (including phenoxy) is 2. The molecule has 0 saturated heterocycles. The van der Waals surface area contributed by atoms with E-state index in [9.17, 15) is 9.90 Å². The molecule has 21 heavy (non-hydrogen) atoms. The first-order valence-corrected chi connectivity index (χ1v) is 6.55. The van der Waals surface area contributed by atoms with E-state index in [0.717, 1.165) is 16.7 Å². The summed E-state index contributed by atoms with van der Waals surface area (Å²) in [6, 6.07) is 9.41. The molecule has 0 saturated carbocycles. The number of rotatable bonds is 4. The lowest BCUT2D eigenvalue weighted by molar-refractivity contribution is 0.0692. The van der Waals surface area contributed by atoms with Crippen LogP contribution < -0.4 is 9.47 Å². The molecule has 0 fully saturated rings. The van der Waals surface area contributed by atoms with Crippen molar-refractivity contribution in [2.75, 3.05) is 14.2 Å². The molecule has 0 aliphatic heterocycles. The first-order valence-electron chi connectivity index (χ1n) is 6.55. The normalized spacial score (nSPS) is 10.3. The summed E-state index contributed by atoms with van der Waals surface area (Å²) in [6.45, 7) is 4.06. The zero-order valence-corrected chi connectivity index (χ0v) is 12.6. The van der Waals surface area contributed by atoms with Crippen molar-refractivity contribution in [3.05, 3.63) is 47.0 Å². The van der Waals surface area contributed by atoms with Crippen LogP contribution in [0.5, 0.6) is 11.5 Å². The minimum atomic E-state index is -1.05. The number of carboxylic acid groups (broad SMARTS) is 1. The Bertz CT molecular complexity index is 689. The Morgan fingerprint density at radius 1 is 0.952 bits per heavy atom. The molecule has 0 amide bonds. The topological polar surface area (TPSA) is 55.8 Å². The molecule has 0 spiro atoms. The number of hydrogen-bond acceptors (Lipinski definition) is 3. The summed E-state index contributed by atoms with van der Waals surface area (Å²) < 4.78 is 10.4. The van der Waals surface area contributed by atoms with Gasteiger partial charge < -0.3 is 14.6 Å². The monoisotopic (exact) mass is 286 g/mol. The van der Waals surface area contributed by atoms with Gasteiger partial charge in [-0.2, -0.15) is 0 Å². The molecule has 0 atom stereocenters. The van der Waals surface area contributed by atoms with E-state index in [0.29, 0.717) is 5.75 Å². The van der Waals surface area contributed by atoms with Crippen LogP contribution >= 0.6 is 0 Å². The molecule has 2 aromatic rings. The Balaban J connectivity index is 2.66. The Labute approximate surface area is 123 Å². The van der Waals surface area contributed by atoms with Crippen LogP contribution in [0.3, 0.4) is 0 Å². The summed E-state index contributed by atoms with van der Waals surface area (Å²) in [5, 5.41) is 9.35. The predicted octanol–water partition coefficient (Wildman–Crippen LogP) is 3.69. The molecule has 4 nitrogen and oxygen atoms in total. The smallest absolute Gasteiger partial charge is 0.339 e. The molecule has 0 radical (unpaired) electrons. The fraction of sp³-hybridized carbons (Fsp3) is 0.235. The molecule has 110 valence electrons. The summed E-state index contributed by atoms with van der Waals surface area (Å²) in [5.41, 5.74) is 4.16. The van der Waals surface area contributed by atoms with Crippen molar-refractivity contribution in [1.82, 2.24) is 0 Å². The van der Waals surface area contributed by atoms with Gasteiger partial charge in [-0.25, -0.2) is 4.79 Å². The zero-order chi connectivity index (χ0) is 15.6. The van der Waals surface area contributed by atoms with Gasteiger partial charge in [0.15, 0.2) is 11.5 Å². The van der Waals surface area contributed by atoms with Crippen molar-refractivity contribution in [3.8, 4) is 22.6 Å². The standard InChI is InChI=1S/C17H18O4/c1-10-5-6-12(7-11(10)2)13-8-14(17(18)19)16(21-4)15(9-13)20-3/h5-9H,1-4H3,(H,18,19). The van der Waals surface area contributed by atoms with Gasteiger partial charge in [-0.3, -0.25) is 0 Å². The highest BCUT2D eigenvalue weighted by molar-refractivity contribution is 5.94. The molecule has 0 unspecified atom stereocenters. The average molecular weight is 286 g/mol. The van der Waals surface area contributed by atoms with Crippen molar-refractivity contribution in [2.24, 2.45) is 0 Å². The Morgan fingerprint density at radius 2 is 1.67 bits per heavy atom. The third kappa shape index (κ3) is 2.84. The molecular formula is C17H18O4. The molecule has 0 heterocycles. The number of aromatic carboxylic acids is 1. The lowest BCUT2D eigenvalue weighted by Gasteiger charge is -2.13. The zero-order valence-electron chi connectivity index (χ0n) is 12.6. The van der Waals surface area contributed by atoms with E-state index >= 15 is 0 Å². The van der Waals surface area contributed by atoms with Crippen LogP contribution in [0.2, 0.25) is 0 Å². The van der Waals surface area contributed by atoms with E-state index in [4.69, 9.17) is 9.47 Å². The number of carboxylic acids is 1. The van der Waals surface area contributed by atoms with Crippen molar-refractivity contribution in [2.45, 2.75) is 13.8 Å². The van der Waals surface area contributed by atoms with E-state index in [1.54, 1.807) is 12.1 Å². The van der Waals surface area contributed by atoms with E-state index < -0.39 is 5.97 Å². The summed E-state index contributed by atoms with van der Waals surface area (Å²) >= 11 is 0. The Morgan fingerprint density at radius 3 is 2.19 bits per heavy atom. The lowest BCUT2D eigenvalue weighted by atomic mass is 9.98. The summed E-state index contributed by atoms with van der Waals surface area (Å²) in [7, 11) is 2.92. The van der Waals surface area contributed by atoms with Crippen molar-refractivity contribution in [3.63, 3.8) is 0 Å². The molecule has 0 aromatic heterocycles. The maximum atomic E-state index is 11.4. The van der Waals surface area contributed by atoms with E-state index in [-0.39, 0.29) is 11.3 Å². The predicted molar refractivity (Wildman–Crippen MR) is 81.4 cm³/mol. The van der Waals surface area contributed by atoms with Crippen molar-refractivity contribution < 1.29 is 19.4 Å². The highest BCUT2D eigenvalue weighted by Crippen LogP contribution is 2.36. The molecule has 0 aliphatic carbocycles. The van der Waals surface area contributed by atoms with Crippen LogP contribution in [-0.2, 0) is 0 Å². The van der Waals surface area contributed by atoms with Crippen LogP contribution in [0.4, 0.5) is 0 Å². The number of aryl methyl sites for hydroxylation is 2. The molecule has 0 bridgehead atoms. The van der Waals surface area contributed by atoms with E-state index in [2.05, 4.69) is 0 Å². The van der Waals surface area contributed by atoms with E-state index in [1.807, 2.05) is 32.0 Å². The fourth-order valence-electron chi connectivity index (χ4n) is 2.21. The second-order valence-electron chi connectivity index (χ2n) is 4.86. The van der Waals surface area contributed by atoms with Crippen LogP contribution in [0, 0.1) is 13.8 Å².